The third-order valence-electron chi connectivity index (χ3n) is 3.89. The van der Waals surface area contributed by atoms with Crippen molar-refractivity contribution in [3.05, 3.63) is 54.1 Å². The van der Waals surface area contributed by atoms with Gasteiger partial charge in [-0.3, -0.25) is 0 Å². The molecule has 25 heavy (non-hydrogen) atoms. The Morgan fingerprint density at radius 2 is 2.00 bits per heavy atom. The Hall–Kier alpha value is -2.59. The molecule has 0 radical (unpaired) electrons. The smallest absolute Gasteiger partial charge is 0.246 e. The molecule has 0 aliphatic carbocycles. The van der Waals surface area contributed by atoms with Gasteiger partial charge in [0.2, 0.25) is 21.7 Å². The summed E-state index contributed by atoms with van der Waals surface area (Å²) in [4.78, 5) is 3.62. The average Bonchev–Trinajstić information content (AvgIpc) is 3.15. The van der Waals surface area contributed by atoms with Gasteiger partial charge in [-0.15, -0.1) is 0 Å². The third-order valence-corrected chi connectivity index (χ3v) is 5.76. The molecule has 3 heterocycles. The number of hydrogen-bond acceptors (Lipinski definition) is 6. The van der Waals surface area contributed by atoms with Crippen molar-refractivity contribution in [3.63, 3.8) is 0 Å². The molecule has 3 aromatic rings. The number of hydrogen-bond donors (Lipinski definition) is 0. The van der Waals surface area contributed by atoms with Crippen LogP contribution in [-0.2, 0) is 10.0 Å². The molecular formula is C15H11F2N3O4S. The maximum atomic E-state index is 13.8. The van der Waals surface area contributed by atoms with Gasteiger partial charge in [0.05, 0.1) is 12.2 Å². The highest BCUT2D eigenvalue weighted by Crippen LogP contribution is 2.33. The van der Waals surface area contributed by atoms with E-state index in [1.807, 2.05) is 0 Å². The Kier molecular flexibility index (Phi) is 3.65. The number of sulfonamides is 1. The van der Waals surface area contributed by atoms with Crippen LogP contribution >= 0.6 is 0 Å². The molecule has 4 rings (SSSR count). The van der Waals surface area contributed by atoms with E-state index in [0.29, 0.717) is 11.8 Å². The van der Waals surface area contributed by atoms with E-state index in [0.717, 1.165) is 16.4 Å². The van der Waals surface area contributed by atoms with Crippen molar-refractivity contribution in [3.8, 4) is 11.6 Å². The molecule has 1 aliphatic rings. The van der Waals surface area contributed by atoms with Gasteiger partial charge in [0.15, 0.2) is 5.76 Å². The van der Waals surface area contributed by atoms with Crippen LogP contribution in [0.15, 0.2) is 50.4 Å². The van der Waals surface area contributed by atoms with Crippen molar-refractivity contribution < 1.29 is 26.1 Å². The van der Waals surface area contributed by atoms with Crippen LogP contribution in [0.3, 0.4) is 0 Å². The van der Waals surface area contributed by atoms with Gasteiger partial charge in [0, 0.05) is 19.2 Å². The number of furan rings is 1. The normalized spacial score (nSPS) is 16.1. The molecule has 2 aromatic heterocycles. The first-order valence-corrected chi connectivity index (χ1v) is 8.72. The second-order valence-electron chi connectivity index (χ2n) is 5.53. The summed E-state index contributed by atoms with van der Waals surface area (Å²) in [6.07, 6.45) is 1.47. The quantitative estimate of drug-likeness (QED) is 0.703. The molecule has 130 valence electrons. The lowest BCUT2D eigenvalue weighted by molar-refractivity contribution is 0.216. The van der Waals surface area contributed by atoms with E-state index < -0.39 is 26.6 Å². The number of benzene rings is 1. The highest BCUT2D eigenvalue weighted by molar-refractivity contribution is 7.89. The van der Waals surface area contributed by atoms with Crippen molar-refractivity contribution in [2.45, 2.75) is 10.8 Å². The van der Waals surface area contributed by atoms with Crippen molar-refractivity contribution in [2.75, 3.05) is 13.1 Å². The number of aromatic nitrogens is 2. The third kappa shape index (κ3) is 2.72. The highest BCUT2D eigenvalue weighted by atomic mass is 32.2. The van der Waals surface area contributed by atoms with Crippen LogP contribution in [0.4, 0.5) is 8.78 Å². The van der Waals surface area contributed by atoms with Gasteiger partial charge in [0.1, 0.15) is 16.5 Å². The van der Waals surface area contributed by atoms with Crippen LogP contribution in [-0.4, -0.2) is 36.0 Å². The summed E-state index contributed by atoms with van der Waals surface area (Å²) in [5.41, 5.74) is 0. The minimum atomic E-state index is -4.04. The molecule has 10 heteroatoms. The van der Waals surface area contributed by atoms with E-state index in [1.54, 1.807) is 12.1 Å². The molecule has 0 N–H and O–H groups in total. The first kappa shape index (κ1) is 15.9. The first-order valence-electron chi connectivity index (χ1n) is 7.28. The van der Waals surface area contributed by atoms with Crippen molar-refractivity contribution in [2.24, 2.45) is 0 Å². The van der Waals surface area contributed by atoms with E-state index >= 15 is 0 Å². The fourth-order valence-electron chi connectivity index (χ4n) is 2.52. The van der Waals surface area contributed by atoms with Crippen LogP contribution in [0.5, 0.6) is 0 Å². The zero-order chi connectivity index (χ0) is 17.6. The van der Waals surface area contributed by atoms with Gasteiger partial charge in [-0.1, -0.05) is 5.16 Å². The maximum Gasteiger partial charge on any atom is 0.246 e. The zero-order valence-corrected chi connectivity index (χ0v) is 13.4. The van der Waals surface area contributed by atoms with Crippen molar-refractivity contribution >= 4 is 10.0 Å². The molecule has 1 aromatic carbocycles. The van der Waals surface area contributed by atoms with Gasteiger partial charge in [-0.25, -0.2) is 17.2 Å². The van der Waals surface area contributed by atoms with Crippen LogP contribution in [0.2, 0.25) is 0 Å². The Balaban J connectivity index is 1.50. The second kappa shape index (κ2) is 5.74. The fourth-order valence-corrected chi connectivity index (χ4v) is 4.10. The minimum Gasteiger partial charge on any atom is -0.461 e. The zero-order valence-electron chi connectivity index (χ0n) is 12.6. The lowest BCUT2D eigenvalue weighted by atomic mass is 10.0. The van der Waals surface area contributed by atoms with E-state index in [-0.39, 0.29) is 30.7 Å². The van der Waals surface area contributed by atoms with Crippen LogP contribution < -0.4 is 0 Å². The fraction of sp³-hybridized carbons (Fsp3) is 0.200. The number of nitrogens with zero attached hydrogens (tertiary/aromatic N) is 3. The van der Waals surface area contributed by atoms with E-state index in [1.165, 1.54) is 6.26 Å². The lowest BCUT2D eigenvalue weighted by Crippen LogP contribution is -2.48. The summed E-state index contributed by atoms with van der Waals surface area (Å²) < 4.78 is 62.9. The van der Waals surface area contributed by atoms with Crippen molar-refractivity contribution in [1.29, 1.82) is 0 Å². The molecule has 7 nitrogen and oxygen atoms in total. The van der Waals surface area contributed by atoms with E-state index in [9.17, 15) is 17.2 Å². The molecule has 1 aliphatic heterocycles. The summed E-state index contributed by atoms with van der Waals surface area (Å²) >= 11 is 0. The largest absolute Gasteiger partial charge is 0.461 e. The van der Waals surface area contributed by atoms with Gasteiger partial charge in [0.25, 0.3) is 0 Å². The number of rotatable bonds is 4. The summed E-state index contributed by atoms with van der Waals surface area (Å²) in [7, 11) is -4.04. The van der Waals surface area contributed by atoms with Gasteiger partial charge in [-0.05, 0) is 24.3 Å². The van der Waals surface area contributed by atoms with Gasteiger partial charge >= 0.3 is 0 Å². The van der Waals surface area contributed by atoms with Crippen LogP contribution in [0.25, 0.3) is 11.6 Å². The van der Waals surface area contributed by atoms with E-state index in [2.05, 4.69) is 10.1 Å². The Morgan fingerprint density at radius 3 is 2.68 bits per heavy atom. The summed E-state index contributed by atoms with van der Waals surface area (Å²) in [5.74, 6) is -1.28. The molecule has 0 atom stereocenters. The van der Waals surface area contributed by atoms with E-state index in [4.69, 9.17) is 8.94 Å². The second-order valence-corrected chi connectivity index (χ2v) is 7.43. The first-order chi connectivity index (χ1) is 11.9. The molecule has 0 saturated carbocycles. The maximum absolute atomic E-state index is 13.8. The lowest BCUT2D eigenvalue weighted by Gasteiger charge is -2.35. The standard InChI is InChI=1S/C15H11F2N3O4S/c16-10-3-4-13(11(17)6-10)25(21,22)20-7-9(8-20)15-18-14(19-24-15)12-2-1-5-23-12/h1-6,9H,7-8H2. The topological polar surface area (TPSA) is 89.4 Å². The average molecular weight is 367 g/mol. The number of halogens is 2. The molecule has 1 fully saturated rings. The van der Waals surface area contributed by atoms with Crippen molar-refractivity contribution in [1.82, 2.24) is 14.4 Å². The summed E-state index contributed by atoms with van der Waals surface area (Å²) in [6, 6.07) is 5.71. The predicted molar refractivity (Wildman–Crippen MR) is 79.9 cm³/mol. The predicted octanol–water partition coefficient (Wildman–Crippen LogP) is 2.40. The van der Waals surface area contributed by atoms with Gasteiger partial charge < -0.3 is 8.94 Å². The molecule has 0 unspecified atom stereocenters. The van der Waals surface area contributed by atoms with Crippen LogP contribution in [0, 0.1) is 11.6 Å². The van der Waals surface area contributed by atoms with Crippen LogP contribution in [0.1, 0.15) is 11.8 Å². The Morgan fingerprint density at radius 1 is 1.20 bits per heavy atom. The molecule has 0 amide bonds. The molecular weight excluding hydrogens is 356 g/mol. The molecule has 0 bridgehead atoms. The SMILES string of the molecule is O=S(=O)(c1ccc(F)cc1F)N1CC(c2nc(-c3ccco3)no2)C1. The molecule has 0 spiro atoms. The Bertz CT molecular complexity index is 1010. The van der Waals surface area contributed by atoms with Gasteiger partial charge in [-0.2, -0.15) is 9.29 Å². The molecule has 1 saturated heterocycles. The summed E-state index contributed by atoms with van der Waals surface area (Å²) in [5, 5.41) is 3.78. The highest BCUT2D eigenvalue weighted by Gasteiger charge is 2.41. The minimum absolute atomic E-state index is 0.0684. The Labute approximate surface area is 140 Å². The monoisotopic (exact) mass is 367 g/mol. The summed E-state index contributed by atoms with van der Waals surface area (Å²) in [6.45, 7) is 0.137.